The molecule has 0 saturated heterocycles. The Morgan fingerprint density at radius 1 is 0.814 bits per heavy atom. The summed E-state index contributed by atoms with van der Waals surface area (Å²) < 4.78 is 24.2. The smallest absolute Gasteiger partial charge is 0.164 e. The molecule has 0 spiro atoms. The van der Waals surface area contributed by atoms with Crippen LogP contribution in [-0.4, -0.2) is 49.6 Å². The number of anilines is 1. The van der Waals surface area contributed by atoms with Crippen molar-refractivity contribution in [1.29, 1.82) is 0 Å². The first kappa shape index (κ1) is 30.4. The van der Waals surface area contributed by atoms with E-state index in [9.17, 15) is 0 Å². The van der Waals surface area contributed by atoms with Crippen LogP contribution in [0.2, 0.25) is 0 Å². The van der Waals surface area contributed by atoms with Crippen LogP contribution in [0.3, 0.4) is 0 Å². The standard InChI is InChI=1S/C34H40N4O4S/c1-8-9-10-13-18-37-27-20-29(41-6)30(42-7)21-31(27)43-32(37)15-12-11-14-26-22(2)35-34-33(23(3)36-38(26)34)25-19-24(39-4)16-17-28(25)40-5/h11-12,14-17,19-21H,8-10,13,18H2,1-7H3/b12-11+,26-14-,32-15-. The molecule has 0 atom stereocenters. The van der Waals surface area contributed by atoms with Gasteiger partial charge in [0.05, 0.1) is 61.5 Å². The zero-order valence-corrected chi connectivity index (χ0v) is 26.9. The van der Waals surface area contributed by atoms with Crippen molar-refractivity contribution in [2.45, 2.75) is 51.3 Å². The Kier molecular flexibility index (Phi) is 9.50. The van der Waals surface area contributed by atoms with Crippen molar-refractivity contribution < 1.29 is 18.9 Å². The number of unbranched alkanes of at least 4 members (excludes halogenated alkanes) is 3. The summed E-state index contributed by atoms with van der Waals surface area (Å²) in [6, 6.07) is 9.93. The second-order valence-corrected chi connectivity index (χ2v) is 11.5. The third-order valence-corrected chi connectivity index (χ3v) is 8.77. The van der Waals surface area contributed by atoms with Gasteiger partial charge >= 0.3 is 0 Å². The van der Waals surface area contributed by atoms with Crippen molar-refractivity contribution >= 4 is 29.2 Å². The summed E-state index contributed by atoms with van der Waals surface area (Å²) in [6.45, 7) is 7.20. The highest BCUT2D eigenvalue weighted by molar-refractivity contribution is 8.03. The summed E-state index contributed by atoms with van der Waals surface area (Å²) in [6.07, 6.45) is 13.2. The van der Waals surface area contributed by atoms with Crippen molar-refractivity contribution in [2.24, 2.45) is 0 Å². The lowest BCUT2D eigenvalue weighted by atomic mass is 10.0. The molecular formula is C34H40N4O4S. The number of methoxy groups -OCH3 is 4. The molecule has 0 saturated carbocycles. The van der Waals surface area contributed by atoms with Crippen molar-refractivity contribution in [3.8, 4) is 34.1 Å². The number of thioether (sulfide) groups is 1. The van der Waals surface area contributed by atoms with Crippen LogP contribution < -0.4 is 29.2 Å². The molecule has 2 aromatic carbocycles. The largest absolute Gasteiger partial charge is 0.497 e. The number of benzene rings is 2. The fourth-order valence-electron chi connectivity index (χ4n) is 5.44. The van der Waals surface area contributed by atoms with Crippen LogP contribution in [0.25, 0.3) is 22.9 Å². The van der Waals surface area contributed by atoms with E-state index < -0.39 is 0 Å². The first-order valence-electron chi connectivity index (χ1n) is 14.6. The Balaban J connectivity index is 1.47. The van der Waals surface area contributed by atoms with Gasteiger partial charge in [-0.05, 0) is 50.6 Å². The third kappa shape index (κ3) is 6.04. The molecule has 9 heteroatoms. The minimum absolute atomic E-state index is 0.744. The summed E-state index contributed by atoms with van der Waals surface area (Å²) >= 11 is 1.75. The predicted molar refractivity (Wildman–Crippen MR) is 175 cm³/mol. The van der Waals surface area contributed by atoms with Gasteiger partial charge in [0.1, 0.15) is 11.5 Å². The number of allylic oxidation sites excluding steroid dienone is 3. The number of aromatic nitrogens is 3. The van der Waals surface area contributed by atoms with Crippen molar-refractivity contribution in [2.75, 3.05) is 39.9 Å². The average molecular weight is 601 g/mol. The highest BCUT2D eigenvalue weighted by atomic mass is 32.2. The van der Waals surface area contributed by atoms with Gasteiger partial charge in [-0.15, -0.1) is 0 Å². The second kappa shape index (κ2) is 13.5. The van der Waals surface area contributed by atoms with E-state index in [0.717, 1.165) is 75.2 Å². The minimum atomic E-state index is 0.744. The molecule has 43 heavy (non-hydrogen) atoms. The molecular weight excluding hydrogens is 560 g/mol. The molecule has 0 fully saturated rings. The number of rotatable bonds is 12. The molecule has 1 aliphatic rings. The van der Waals surface area contributed by atoms with Gasteiger partial charge in [0.2, 0.25) is 0 Å². The Morgan fingerprint density at radius 3 is 2.28 bits per heavy atom. The molecule has 0 unspecified atom stereocenters. The third-order valence-electron chi connectivity index (χ3n) is 7.66. The summed E-state index contributed by atoms with van der Waals surface area (Å²) in [5, 5.41) is 6.98. The van der Waals surface area contributed by atoms with E-state index in [4.69, 9.17) is 29.0 Å². The maximum absolute atomic E-state index is 5.67. The van der Waals surface area contributed by atoms with Gasteiger partial charge in [-0.2, -0.15) is 5.10 Å². The van der Waals surface area contributed by atoms with Crippen LogP contribution in [-0.2, 0) is 0 Å². The average Bonchev–Trinajstić information content (AvgIpc) is 3.63. The van der Waals surface area contributed by atoms with Crippen molar-refractivity contribution in [3.63, 3.8) is 0 Å². The van der Waals surface area contributed by atoms with Crippen LogP contribution in [0.5, 0.6) is 23.0 Å². The summed E-state index contributed by atoms with van der Waals surface area (Å²) in [5.74, 6) is 2.99. The molecule has 4 aromatic rings. The summed E-state index contributed by atoms with van der Waals surface area (Å²) in [7, 11) is 6.69. The zero-order chi connectivity index (χ0) is 30.5. The van der Waals surface area contributed by atoms with Crippen molar-refractivity contribution in [1.82, 2.24) is 14.6 Å². The van der Waals surface area contributed by atoms with Crippen LogP contribution in [0, 0.1) is 13.8 Å². The molecule has 0 bridgehead atoms. The Morgan fingerprint density at radius 2 is 1.56 bits per heavy atom. The molecule has 226 valence electrons. The lowest BCUT2D eigenvalue weighted by molar-refractivity contribution is 0.354. The van der Waals surface area contributed by atoms with Crippen LogP contribution in [0.15, 0.2) is 58.5 Å². The highest BCUT2D eigenvalue weighted by Crippen LogP contribution is 2.50. The quantitative estimate of drug-likeness (QED) is 0.159. The fourth-order valence-corrected chi connectivity index (χ4v) is 6.55. The first-order chi connectivity index (χ1) is 20.9. The van der Waals surface area contributed by atoms with Gasteiger partial charge in [0.15, 0.2) is 17.1 Å². The lowest BCUT2D eigenvalue weighted by Crippen LogP contribution is -2.19. The van der Waals surface area contributed by atoms with Crippen molar-refractivity contribution in [3.05, 3.63) is 70.3 Å². The monoisotopic (exact) mass is 600 g/mol. The number of nitrogens with zero attached hydrogens (tertiary/aromatic N) is 4. The second-order valence-electron chi connectivity index (χ2n) is 10.4. The SMILES string of the molecule is CCCCCCN1/C(=C/C=C/C=c2/c(C)nc3c(-c4cc(OC)ccc4OC)c(C)nn23)Sc2cc(OC)c(OC)cc21. The summed E-state index contributed by atoms with van der Waals surface area (Å²) in [4.78, 5) is 8.46. The van der Waals surface area contributed by atoms with Gasteiger partial charge in [-0.1, -0.05) is 50.1 Å². The van der Waals surface area contributed by atoms with E-state index in [0.29, 0.717) is 0 Å². The normalized spacial score (nSPS) is 14.3. The number of hydrogen-bond donors (Lipinski definition) is 0. The Hall–Kier alpha value is -4.11. The molecule has 8 nitrogen and oxygen atoms in total. The molecule has 3 heterocycles. The first-order valence-corrected chi connectivity index (χ1v) is 15.4. The van der Waals surface area contributed by atoms with E-state index in [1.54, 1.807) is 40.2 Å². The predicted octanol–water partition coefficient (Wildman–Crippen LogP) is 7.14. The maximum atomic E-state index is 5.67. The minimum Gasteiger partial charge on any atom is -0.497 e. The van der Waals surface area contributed by atoms with Gasteiger partial charge < -0.3 is 23.8 Å². The van der Waals surface area contributed by atoms with E-state index in [1.165, 1.54) is 29.2 Å². The number of aryl methyl sites for hydroxylation is 2. The maximum Gasteiger partial charge on any atom is 0.164 e. The van der Waals surface area contributed by atoms with Gasteiger partial charge in [0.25, 0.3) is 0 Å². The molecule has 5 rings (SSSR count). The van der Waals surface area contributed by atoms with Crippen LogP contribution in [0.4, 0.5) is 5.69 Å². The molecule has 0 radical (unpaired) electrons. The van der Waals surface area contributed by atoms with Crippen LogP contribution >= 0.6 is 11.8 Å². The highest BCUT2D eigenvalue weighted by Gasteiger charge is 2.27. The van der Waals surface area contributed by atoms with E-state index in [-0.39, 0.29) is 0 Å². The molecule has 0 amide bonds. The Bertz CT molecular complexity index is 1730. The summed E-state index contributed by atoms with van der Waals surface area (Å²) in [5.41, 5.74) is 5.58. The van der Waals surface area contributed by atoms with Crippen LogP contribution in [0.1, 0.15) is 44.0 Å². The number of hydrogen-bond acceptors (Lipinski definition) is 8. The number of fused-ring (bicyclic) bond motifs is 2. The molecule has 1 aliphatic heterocycles. The number of imidazole rings is 1. The number of ether oxygens (including phenoxy) is 4. The van der Waals surface area contributed by atoms with Gasteiger partial charge in [-0.25, -0.2) is 9.50 Å². The van der Waals surface area contributed by atoms with E-state index in [2.05, 4.69) is 48.3 Å². The zero-order valence-electron chi connectivity index (χ0n) is 26.1. The van der Waals surface area contributed by atoms with E-state index in [1.807, 2.05) is 36.6 Å². The molecule has 2 aromatic heterocycles. The lowest BCUT2D eigenvalue weighted by Gasteiger charge is -2.21. The van der Waals surface area contributed by atoms with Gasteiger partial charge in [-0.3, -0.25) is 0 Å². The fraction of sp³-hybridized carbons (Fsp3) is 0.353. The topological polar surface area (TPSA) is 70.4 Å². The molecule has 0 N–H and O–H groups in total. The van der Waals surface area contributed by atoms with E-state index >= 15 is 0 Å². The molecule has 0 aliphatic carbocycles. The van der Waals surface area contributed by atoms with Gasteiger partial charge in [0, 0.05) is 29.1 Å². The Labute approximate surface area is 258 Å².